The molecule has 3 heteroatoms. The van der Waals surface area contributed by atoms with Gasteiger partial charge in [-0.05, 0) is 6.54 Å². The molecule has 1 aromatic rings. The van der Waals surface area contributed by atoms with Gasteiger partial charge in [-0.15, -0.1) is 13.0 Å². The number of nitrogens with zero attached hydrogens (tertiary/aromatic N) is 1. The second kappa shape index (κ2) is 6.19. The molecule has 1 heterocycles. The number of para-hydroxylation sites is 1. The van der Waals surface area contributed by atoms with Gasteiger partial charge in [0.15, 0.2) is 0 Å². The van der Waals surface area contributed by atoms with Gasteiger partial charge >= 0.3 is 0 Å². The summed E-state index contributed by atoms with van der Waals surface area (Å²) in [6.45, 7) is 2.71. The minimum absolute atomic E-state index is 0. The monoisotopic (exact) mass is 273 g/mol. The van der Waals surface area contributed by atoms with E-state index < -0.39 is 0 Å². The molecule has 0 spiro atoms. The van der Waals surface area contributed by atoms with Crippen LogP contribution in [0.5, 0.6) is 0 Å². The molecular formula is C12H12N2Y-2. The summed E-state index contributed by atoms with van der Waals surface area (Å²) in [6, 6.07) is 8.13. The van der Waals surface area contributed by atoms with Crippen LogP contribution in [0.1, 0.15) is 18.9 Å². The van der Waals surface area contributed by atoms with Crippen molar-refractivity contribution in [2.75, 3.05) is 11.9 Å². The number of hydrogen-bond donors (Lipinski definition) is 1. The van der Waals surface area contributed by atoms with E-state index in [2.05, 4.69) is 28.7 Å². The molecule has 0 amide bonds. The topological polar surface area (TPSA) is 24.4 Å². The molecule has 0 bridgehead atoms. The van der Waals surface area contributed by atoms with E-state index in [1.165, 1.54) is 0 Å². The van der Waals surface area contributed by atoms with Gasteiger partial charge < -0.3 is 10.3 Å². The molecule has 75 valence electrons. The van der Waals surface area contributed by atoms with Gasteiger partial charge in [-0.25, -0.2) is 0 Å². The van der Waals surface area contributed by atoms with Crippen LogP contribution in [-0.2, 0) is 32.7 Å². The Morgan fingerprint density at radius 2 is 2.20 bits per heavy atom. The van der Waals surface area contributed by atoms with Gasteiger partial charge in [0, 0.05) is 32.7 Å². The third kappa shape index (κ3) is 3.25. The van der Waals surface area contributed by atoms with Crippen molar-refractivity contribution in [3.63, 3.8) is 0 Å². The average Bonchev–Trinajstić information content (AvgIpc) is 2.40. The maximum absolute atomic E-state index is 4.16. The van der Waals surface area contributed by atoms with Crippen molar-refractivity contribution in [1.82, 2.24) is 0 Å². The van der Waals surface area contributed by atoms with E-state index in [9.17, 15) is 0 Å². The molecule has 2 nitrogen and oxygen atoms in total. The molecule has 0 unspecified atom stereocenters. The van der Waals surface area contributed by atoms with Crippen LogP contribution >= 0.6 is 0 Å². The standard InChI is InChI=1S/C12H12N2.Y/c1-2-13-11-7-8-14-12-6-4-3-5-10(12)9-11;/h3-6,14H,7-8H2,1H3;/q-2;. The van der Waals surface area contributed by atoms with E-state index in [0.29, 0.717) is 0 Å². The van der Waals surface area contributed by atoms with E-state index in [1.807, 2.05) is 18.2 Å². The quantitative estimate of drug-likeness (QED) is 0.617. The summed E-state index contributed by atoms with van der Waals surface area (Å²) < 4.78 is 0. The summed E-state index contributed by atoms with van der Waals surface area (Å²) in [7, 11) is 0. The molecule has 0 saturated heterocycles. The molecule has 0 aliphatic carbocycles. The van der Waals surface area contributed by atoms with E-state index in [4.69, 9.17) is 0 Å². The number of fused-ring (bicyclic) bond motifs is 1. The maximum atomic E-state index is 4.16. The fraction of sp³-hybridized carbons (Fsp3) is 0.250. The van der Waals surface area contributed by atoms with Crippen molar-refractivity contribution in [2.24, 2.45) is 4.99 Å². The zero-order valence-corrected chi connectivity index (χ0v) is 11.6. The molecule has 1 aliphatic rings. The van der Waals surface area contributed by atoms with Crippen LogP contribution in [0.4, 0.5) is 5.69 Å². The Balaban J connectivity index is 0.00000112. The average molecular weight is 273 g/mol. The first kappa shape index (κ1) is 12.6. The van der Waals surface area contributed by atoms with Gasteiger partial charge in [-0.2, -0.15) is 23.5 Å². The van der Waals surface area contributed by atoms with Crippen molar-refractivity contribution in [2.45, 2.75) is 13.3 Å². The Morgan fingerprint density at radius 1 is 1.40 bits per heavy atom. The van der Waals surface area contributed by atoms with E-state index in [-0.39, 0.29) is 32.7 Å². The number of rotatable bonds is 1. The van der Waals surface area contributed by atoms with Crippen molar-refractivity contribution in [3.05, 3.63) is 41.6 Å². The number of nitrogens with one attached hydrogen (secondary N) is 1. The molecule has 1 aliphatic heterocycles. The zero-order valence-electron chi connectivity index (χ0n) is 8.75. The Kier molecular flexibility index (Phi) is 5.20. The van der Waals surface area contributed by atoms with Crippen LogP contribution in [0.25, 0.3) is 0 Å². The first-order valence-electron chi connectivity index (χ1n) is 4.73. The fourth-order valence-corrected chi connectivity index (χ4v) is 1.50. The summed E-state index contributed by atoms with van der Waals surface area (Å²) in [5.41, 5.74) is 3.18. The fourth-order valence-electron chi connectivity index (χ4n) is 1.50. The first-order valence-corrected chi connectivity index (χ1v) is 4.73. The number of anilines is 1. The van der Waals surface area contributed by atoms with Crippen LogP contribution in [-0.4, -0.2) is 12.8 Å². The molecule has 15 heavy (non-hydrogen) atoms. The molecule has 1 aromatic carbocycles. The molecule has 1 radical (unpaired) electrons. The smallest absolute Gasteiger partial charge is 0 e. The Bertz CT molecular complexity index is 383. The van der Waals surface area contributed by atoms with Gasteiger partial charge in [0.2, 0.25) is 0 Å². The predicted molar refractivity (Wildman–Crippen MR) is 58.5 cm³/mol. The maximum Gasteiger partial charge on any atom is 0 e. The molecule has 2 rings (SSSR count). The second-order valence-electron chi connectivity index (χ2n) is 3.13. The Hall–Kier alpha value is -0.466. The van der Waals surface area contributed by atoms with Crippen molar-refractivity contribution < 1.29 is 32.7 Å². The first-order chi connectivity index (χ1) is 6.90. The van der Waals surface area contributed by atoms with Gasteiger partial charge in [-0.1, -0.05) is 24.2 Å². The summed E-state index contributed by atoms with van der Waals surface area (Å²) in [4.78, 5) is 4.16. The van der Waals surface area contributed by atoms with Gasteiger partial charge in [-0.3, -0.25) is 6.08 Å². The molecule has 0 aromatic heterocycles. The van der Waals surface area contributed by atoms with Gasteiger partial charge in [0.25, 0.3) is 0 Å². The Labute approximate surface area is 116 Å². The van der Waals surface area contributed by atoms with E-state index in [0.717, 1.165) is 29.9 Å². The summed E-state index contributed by atoms with van der Waals surface area (Å²) in [5.74, 6) is 0. The summed E-state index contributed by atoms with van der Waals surface area (Å²) >= 11 is 0. The van der Waals surface area contributed by atoms with Crippen molar-refractivity contribution in [3.8, 4) is 0 Å². The van der Waals surface area contributed by atoms with Crippen LogP contribution in [0.3, 0.4) is 0 Å². The van der Waals surface area contributed by atoms with Gasteiger partial charge in [0.05, 0.1) is 0 Å². The summed E-state index contributed by atoms with van der Waals surface area (Å²) in [5, 5.41) is 3.34. The largest absolute Gasteiger partial charge is 0.473 e. The van der Waals surface area contributed by atoms with Crippen molar-refractivity contribution in [1.29, 1.82) is 0 Å². The predicted octanol–water partition coefficient (Wildman–Crippen LogP) is 2.50. The van der Waals surface area contributed by atoms with E-state index in [1.54, 1.807) is 6.92 Å². The van der Waals surface area contributed by atoms with E-state index >= 15 is 0 Å². The Morgan fingerprint density at radius 3 is 3.00 bits per heavy atom. The van der Waals surface area contributed by atoms with Crippen LogP contribution < -0.4 is 5.32 Å². The third-order valence-electron chi connectivity index (χ3n) is 2.13. The molecule has 0 saturated carbocycles. The second-order valence-corrected chi connectivity index (χ2v) is 3.13. The molecule has 0 fully saturated rings. The summed E-state index contributed by atoms with van der Waals surface area (Å²) in [6.07, 6.45) is 6.98. The zero-order chi connectivity index (χ0) is 9.80. The van der Waals surface area contributed by atoms with Crippen molar-refractivity contribution >= 4 is 11.9 Å². The minimum Gasteiger partial charge on any atom is -0.473 e. The van der Waals surface area contributed by atoms with Gasteiger partial charge in [0.1, 0.15) is 0 Å². The number of aliphatic imine (C=N–C) groups is 1. The normalized spacial score (nSPS) is 14.6. The molecular weight excluding hydrogens is 261 g/mol. The number of benzene rings is 1. The third-order valence-corrected chi connectivity index (χ3v) is 2.13. The van der Waals surface area contributed by atoms with Crippen LogP contribution in [0.2, 0.25) is 0 Å². The van der Waals surface area contributed by atoms with Crippen LogP contribution in [0.15, 0.2) is 35.0 Å². The molecule has 0 atom stereocenters. The SMILES string of the molecule is C[C-]=NC1=[C-]c2ccccc2NCC1.[Y]. The minimum atomic E-state index is 0. The molecule has 1 N–H and O–H groups in total. The number of hydrogen-bond acceptors (Lipinski definition) is 2. The van der Waals surface area contributed by atoms with Crippen LogP contribution in [0, 0.1) is 6.08 Å².